The number of aliphatic carboxylic acids is 1. The van der Waals surface area contributed by atoms with E-state index in [2.05, 4.69) is 6.92 Å². The second-order valence-corrected chi connectivity index (χ2v) is 7.05. The Labute approximate surface area is 143 Å². The number of carboxylic acids is 1. The molecule has 3 heteroatoms. The first-order valence-corrected chi connectivity index (χ1v) is 8.60. The maximum Gasteiger partial charge on any atom is 0.313 e. The van der Waals surface area contributed by atoms with Crippen LogP contribution in [0.5, 0.6) is 0 Å². The summed E-state index contributed by atoms with van der Waals surface area (Å²) in [5, 5.41) is 20.7. The molecule has 1 fully saturated rings. The Morgan fingerprint density at radius 3 is 2.08 bits per heavy atom. The minimum atomic E-state index is -1.15. The second-order valence-electron chi connectivity index (χ2n) is 7.05. The van der Waals surface area contributed by atoms with Gasteiger partial charge in [0.05, 0.1) is 5.60 Å². The fourth-order valence-electron chi connectivity index (χ4n) is 3.73. The van der Waals surface area contributed by atoms with E-state index >= 15 is 0 Å². The summed E-state index contributed by atoms with van der Waals surface area (Å²) in [5.74, 6) is -1.26. The lowest BCUT2D eigenvalue weighted by Crippen LogP contribution is -2.43. The van der Waals surface area contributed by atoms with Crippen LogP contribution in [-0.4, -0.2) is 21.8 Å². The molecule has 126 valence electrons. The van der Waals surface area contributed by atoms with Gasteiger partial charge in [0.2, 0.25) is 0 Å². The molecule has 3 nitrogen and oxygen atoms in total. The van der Waals surface area contributed by atoms with E-state index < -0.39 is 17.5 Å². The summed E-state index contributed by atoms with van der Waals surface area (Å²) in [6, 6.07) is 17.6. The quantitative estimate of drug-likeness (QED) is 0.873. The molecule has 2 aromatic rings. The third-order valence-electron chi connectivity index (χ3n) is 5.28. The molecular formula is C21H24O3. The van der Waals surface area contributed by atoms with E-state index in [9.17, 15) is 15.0 Å². The molecule has 1 unspecified atom stereocenters. The lowest BCUT2D eigenvalue weighted by molar-refractivity contribution is -0.148. The molecule has 1 atom stereocenters. The predicted molar refractivity (Wildman–Crippen MR) is 94.8 cm³/mol. The summed E-state index contributed by atoms with van der Waals surface area (Å²) in [7, 11) is 0. The van der Waals surface area contributed by atoms with Crippen LogP contribution >= 0.6 is 0 Å². The van der Waals surface area contributed by atoms with Gasteiger partial charge in [-0.2, -0.15) is 0 Å². The minimum Gasteiger partial charge on any atom is -0.481 e. The van der Waals surface area contributed by atoms with Crippen molar-refractivity contribution in [1.29, 1.82) is 0 Å². The van der Waals surface area contributed by atoms with Crippen molar-refractivity contribution >= 4 is 5.97 Å². The van der Waals surface area contributed by atoms with Crippen molar-refractivity contribution in [2.24, 2.45) is 5.92 Å². The summed E-state index contributed by atoms with van der Waals surface area (Å²) < 4.78 is 0. The smallest absolute Gasteiger partial charge is 0.313 e. The molecular weight excluding hydrogens is 300 g/mol. The number of benzene rings is 2. The standard InChI is InChI=1S/C21H24O3/c1-15-11-13-21(24,14-12-15)19(20(22)23)18-9-7-17(8-10-18)16-5-3-2-4-6-16/h2-10,15,19,24H,11-14H2,1H3,(H,22,23). The average molecular weight is 324 g/mol. The molecule has 2 aromatic carbocycles. The summed E-state index contributed by atoms with van der Waals surface area (Å²) in [4.78, 5) is 11.9. The van der Waals surface area contributed by atoms with E-state index in [-0.39, 0.29) is 0 Å². The molecule has 0 heterocycles. The second kappa shape index (κ2) is 6.78. The molecule has 2 N–H and O–H groups in total. The van der Waals surface area contributed by atoms with Gasteiger partial charge in [-0.1, -0.05) is 61.5 Å². The van der Waals surface area contributed by atoms with Crippen LogP contribution in [0.25, 0.3) is 11.1 Å². The highest BCUT2D eigenvalue weighted by molar-refractivity contribution is 5.78. The zero-order valence-electron chi connectivity index (χ0n) is 14.0. The molecule has 1 saturated carbocycles. The van der Waals surface area contributed by atoms with Gasteiger partial charge in [0.25, 0.3) is 0 Å². The van der Waals surface area contributed by atoms with Crippen molar-refractivity contribution in [2.75, 3.05) is 0 Å². The van der Waals surface area contributed by atoms with Crippen LogP contribution in [0.4, 0.5) is 0 Å². The third kappa shape index (κ3) is 3.36. The first-order chi connectivity index (χ1) is 11.5. The molecule has 0 spiro atoms. The zero-order chi connectivity index (χ0) is 17.2. The highest BCUT2D eigenvalue weighted by Crippen LogP contribution is 2.42. The van der Waals surface area contributed by atoms with Crippen LogP contribution in [-0.2, 0) is 4.79 Å². The van der Waals surface area contributed by atoms with E-state index in [0.717, 1.165) is 24.0 Å². The maximum absolute atomic E-state index is 11.9. The van der Waals surface area contributed by atoms with Crippen molar-refractivity contribution in [3.05, 3.63) is 60.2 Å². The van der Waals surface area contributed by atoms with Gasteiger partial charge in [-0.25, -0.2) is 0 Å². The number of aliphatic hydroxyl groups is 1. The number of hydrogen-bond acceptors (Lipinski definition) is 2. The lowest BCUT2D eigenvalue weighted by Gasteiger charge is -2.39. The first-order valence-electron chi connectivity index (χ1n) is 8.60. The van der Waals surface area contributed by atoms with Crippen LogP contribution in [0.2, 0.25) is 0 Å². The average Bonchev–Trinajstić information content (AvgIpc) is 2.59. The lowest BCUT2D eigenvalue weighted by atomic mass is 9.70. The van der Waals surface area contributed by atoms with Gasteiger partial charge >= 0.3 is 5.97 Å². The van der Waals surface area contributed by atoms with Gasteiger partial charge in [-0.15, -0.1) is 0 Å². The number of rotatable bonds is 4. The molecule has 3 rings (SSSR count). The summed E-state index contributed by atoms with van der Waals surface area (Å²) in [6.07, 6.45) is 2.85. The molecule has 0 aromatic heterocycles. The molecule has 1 aliphatic carbocycles. The van der Waals surface area contributed by atoms with Gasteiger partial charge in [-0.3, -0.25) is 4.79 Å². The van der Waals surface area contributed by atoms with Crippen molar-refractivity contribution in [1.82, 2.24) is 0 Å². The zero-order valence-corrected chi connectivity index (χ0v) is 14.0. The van der Waals surface area contributed by atoms with E-state index in [4.69, 9.17) is 0 Å². The van der Waals surface area contributed by atoms with E-state index in [1.54, 1.807) is 0 Å². The van der Waals surface area contributed by atoms with Gasteiger partial charge in [0.15, 0.2) is 0 Å². The molecule has 0 aliphatic heterocycles. The Morgan fingerprint density at radius 1 is 1.00 bits per heavy atom. The molecule has 0 bridgehead atoms. The Hall–Kier alpha value is -2.13. The Balaban J connectivity index is 1.88. The fraction of sp³-hybridized carbons (Fsp3) is 0.381. The van der Waals surface area contributed by atoms with Crippen molar-refractivity contribution in [3.63, 3.8) is 0 Å². The Bertz CT molecular complexity index is 683. The van der Waals surface area contributed by atoms with E-state index in [1.165, 1.54) is 0 Å². The summed E-state index contributed by atoms with van der Waals surface area (Å²) in [6.45, 7) is 2.16. The van der Waals surface area contributed by atoms with E-state index in [1.807, 2.05) is 54.6 Å². The first kappa shape index (κ1) is 16.7. The van der Waals surface area contributed by atoms with Gasteiger partial charge in [0.1, 0.15) is 5.92 Å². The van der Waals surface area contributed by atoms with Crippen LogP contribution in [0.3, 0.4) is 0 Å². The Kier molecular flexibility index (Phi) is 4.72. The van der Waals surface area contributed by atoms with Crippen molar-refractivity contribution in [3.8, 4) is 11.1 Å². The van der Waals surface area contributed by atoms with Crippen LogP contribution < -0.4 is 0 Å². The SMILES string of the molecule is CC1CCC(O)(C(C(=O)O)c2ccc(-c3ccccc3)cc2)CC1. The number of carbonyl (C=O) groups is 1. The molecule has 24 heavy (non-hydrogen) atoms. The predicted octanol–water partition coefficient (Wildman–Crippen LogP) is 4.46. The molecule has 0 saturated heterocycles. The highest BCUT2D eigenvalue weighted by atomic mass is 16.4. The number of hydrogen-bond donors (Lipinski definition) is 2. The van der Waals surface area contributed by atoms with Crippen LogP contribution in [0.15, 0.2) is 54.6 Å². The summed E-state index contributed by atoms with van der Waals surface area (Å²) in [5.41, 5.74) is 1.68. The molecule has 1 aliphatic rings. The monoisotopic (exact) mass is 324 g/mol. The molecule has 0 radical (unpaired) electrons. The van der Waals surface area contributed by atoms with Crippen molar-refractivity contribution in [2.45, 2.75) is 44.1 Å². The van der Waals surface area contributed by atoms with Crippen LogP contribution in [0, 0.1) is 5.92 Å². The maximum atomic E-state index is 11.9. The molecule has 0 amide bonds. The fourth-order valence-corrected chi connectivity index (χ4v) is 3.73. The van der Waals surface area contributed by atoms with Crippen LogP contribution in [0.1, 0.15) is 44.1 Å². The largest absolute Gasteiger partial charge is 0.481 e. The normalized spacial score (nSPS) is 25.2. The van der Waals surface area contributed by atoms with Gasteiger partial charge < -0.3 is 10.2 Å². The van der Waals surface area contributed by atoms with Crippen molar-refractivity contribution < 1.29 is 15.0 Å². The number of carboxylic acid groups (broad SMARTS) is 1. The highest BCUT2D eigenvalue weighted by Gasteiger charge is 2.44. The minimum absolute atomic E-state index is 0.547. The topological polar surface area (TPSA) is 57.5 Å². The Morgan fingerprint density at radius 2 is 1.54 bits per heavy atom. The van der Waals surface area contributed by atoms with E-state index in [0.29, 0.717) is 24.3 Å². The van der Waals surface area contributed by atoms with Gasteiger partial charge in [0, 0.05) is 0 Å². The third-order valence-corrected chi connectivity index (χ3v) is 5.28. The van der Waals surface area contributed by atoms with Gasteiger partial charge in [-0.05, 0) is 48.3 Å². The summed E-state index contributed by atoms with van der Waals surface area (Å²) >= 11 is 0.